The predicted octanol–water partition coefficient (Wildman–Crippen LogP) is 0.367. The minimum Gasteiger partial charge on any atom is -0.389 e. The molecule has 0 spiro atoms. The molecule has 2 rings (SSSR count). The second-order valence-corrected chi connectivity index (χ2v) is 4.06. The molecule has 0 radical (unpaired) electrons. The van der Waals surface area contributed by atoms with Gasteiger partial charge in [-0.25, -0.2) is 4.98 Å². The number of hydrogen-bond acceptors (Lipinski definition) is 5. The zero-order chi connectivity index (χ0) is 13.7. The summed E-state index contributed by atoms with van der Waals surface area (Å²) in [5.74, 6) is -0.367. The number of nitrogens with one attached hydrogen (secondary N) is 1. The van der Waals surface area contributed by atoms with Gasteiger partial charge in [0.1, 0.15) is 5.69 Å². The lowest BCUT2D eigenvalue weighted by Gasteiger charge is -2.10. The maximum atomic E-state index is 11.8. The number of nitrogens with zero attached hydrogens (tertiary/aromatic N) is 2. The summed E-state index contributed by atoms with van der Waals surface area (Å²) in [5, 5.41) is 12.0. The van der Waals surface area contributed by atoms with E-state index in [9.17, 15) is 9.90 Å². The van der Waals surface area contributed by atoms with Crippen molar-refractivity contribution in [2.45, 2.75) is 6.10 Å². The average Bonchev–Trinajstić information content (AvgIpc) is 2.44. The third kappa shape index (κ3) is 3.46. The van der Waals surface area contributed by atoms with Crippen LogP contribution in [0, 0.1) is 0 Å². The summed E-state index contributed by atoms with van der Waals surface area (Å²) >= 11 is 0. The number of aliphatic hydroxyl groups is 1. The van der Waals surface area contributed by atoms with Gasteiger partial charge in [-0.2, -0.15) is 0 Å². The third-order valence-electron chi connectivity index (χ3n) is 2.54. The second kappa shape index (κ2) is 6.21. The molecular weight excluding hydrogens is 246 g/mol. The number of ether oxygens (including phenoxy) is 1. The fourth-order valence-corrected chi connectivity index (χ4v) is 1.62. The zero-order valence-electron chi connectivity index (χ0n) is 10.5. The predicted molar refractivity (Wildman–Crippen MR) is 69.8 cm³/mol. The van der Waals surface area contributed by atoms with Crippen molar-refractivity contribution in [2.75, 3.05) is 20.3 Å². The van der Waals surface area contributed by atoms with Gasteiger partial charge in [0.15, 0.2) is 0 Å². The summed E-state index contributed by atoms with van der Waals surface area (Å²) in [6, 6.07) is 7.31. The quantitative estimate of drug-likeness (QED) is 0.812. The number of para-hydroxylation sites is 2. The summed E-state index contributed by atoms with van der Waals surface area (Å²) in [7, 11) is 1.49. The topological polar surface area (TPSA) is 84.3 Å². The number of carbonyl (C=O) groups excluding carboxylic acids is 1. The van der Waals surface area contributed by atoms with Crippen LogP contribution < -0.4 is 5.32 Å². The molecule has 6 nitrogen and oxygen atoms in total. The summed E-state index contributed by atoms with van der Waals surface area (Å²) in [6.07, 6.45) is 0.683. The maximum Gasteiger partial charge on any atom is 0.271 e. The van der Waals surface area contributed by atoms with Gasteiger partial charge < -0.3 is 15.2 Å². The molecule has 19 heavy (non-hydrogen) atoms. The largest absolute Gasteiger partial charge is 0.389 e. The van der Waals surface area contributed by atoms with Gasteiger partial charge in [-0.05, 0) is 12.1 Å². The molecule has 0 fully saturated rings. The van der Waals surface area contributed by atoms with E-state index in [0.29, 0.717) is 5.52 Å². The zero-order valence-corrected chi connectivity index (χ0v) is 10.5. The summed E-state index contributed by atoms with van der Waals surface area (Å²) in [6.45, 7) is 0.283. The molecule has 0 bridgehead atoms. The molecule has 1 aromatic heterocycles. The van der Waals surface area contributed by atoms with E-state index in [1.54, 1.807) is 6.07 Å². The number of hydrogen-bond donors (Lipinski definition) is 2. The van der Waals surface area contributed by atoms with E-state index < -0.39 is 6.10 Å². The molecule has 100 valence electrons. The van der Waals surface area contributed by atoms with Crippen LogP contribution in [0.1, 0.15) is 10.5 Å². The van der Waals surface area contributed by atoms with Crippen molar-refractivity contribution in [2.24, 2.45) is 0 Å². The van der Waals surface area contributed by atoms with E-state index in [1.807, 2.05) is 18.2 Å². The summed E-state index contributed by atoms with van der Waals surface area (Å²) in [5.41, 5.74) is 1.62. The molecule has 6 heteroatoms. The Morgan fingerprint density at radius 1 is 1.42 bits per heavy atom. The highest BCUT2D eigenvalue weighted by Crippen LogP contribution is 2.08. The van der Waals surface area contributed by atoms with Crippen LogP contribution >= 0.6 is 0 Å². The fourth-order valence-electron chi connectivity index (χ4n) is 1.62. The molecule has 1 heterocycles. The number of benzene rings is 1. The Balaban J connectivity index is 2.05. The molecule has 0 saturated carbocycles. The monoisotopic (exact) mass is 261 g/mol. The van der Waals surface area contributed by atoms with Gasteiger partial charge in [-0.15, -0.1) is 0 Å². The van der Waals surface area contributed by atoms with Crippen LogP contribution in [0.2, 0.25) is 0 Å². The molecule has 1 atom stereocenters. The maximum absolute atomic E-state index is 11.8. The SMILES string of the molecule is COCC(O)CNC(=O)c1cnc2ccccc2n1. The molecule has 2 aromatic rings. The van der Waals surface area contributed by atoms with E-state index in [1.165, 1.54) is 13.3 Å². The highest BCUT2D eigenvalue weighted by atomic mass is 16.5. The van der Waals surface area contributed by atoms with Gasteiger partial charge in [0.2, 0.25) is 0 Å². The van der Waals surface area contributed by atoms with Crippen LogP contribution in [-0.4, -0.2) is 47.3 Å². The van der Waals surface area contributed by atoms with E-state index in [-0.39, 0.29) is 24.8 Å². The lowest BCUT2D eigenvalue weighted by atomic mass is 10.3. The Labute approximate surface area is 110 Å². The molecule has 0 saturated heterocycles. The van der Waals surface area contributed by atoms with Crippen molar-refractivity contribution >= 4 is 16.9 Å². The van der Waals surface area contributed by atoms with Crippen molar-refractivity contribution in [1.29, 1.82) is 0 Å². The molecule has 1 aromatic carbocycles. The number of amides is 1. The number of rotatable bonds is 5. The normalized spacial score (nSPS) is 12.3. The first kappa shape index (κ1) is 13.4. The Kier molecular flexibility index (Phi) is 4.38. The van der Waals surface area contributed by atoms with Gasteiger partial charge in [0.05, 0.1) is 29.9 Å². The second-order valence-electron chi connectivity index (χ2n) is 4.06. The first-order valence-corrected chi connectivity index (χ1v) is 5.87. The lowest BCUT2D eigenvalue weighted by molar-refractivity contribution is 0.0608. The van der Waals surface area contributed by atoms with Crippen LogP contribution in [0.4, 0.5) is 0 Å². The number of carbonyl (C=O) groups is 1. The van der Waals surface area contributed by atoms with Gasteiger partial charge in [-0.3, -0.25) is 9.78 Å². The van der Waals surface area contributed by atoms with E-state index >= 15 is 0 Å². The first-order chi connectivity index (χ1) is 9.20. The van der Waals surface area contributed by atoms with Gasteiger partial charge in [0.25, 0.3) is 5.91 Å². The minimum atomic E-state index is -0.734. The van der Waals surface area contributed by atoms with Crippen LogP contribution in [-0.2, 0) is 4.74 Å². The van der Waals surface area contributed by atoms with Crippen LogP contribution in [0.3, 0.4) is 0 Å². The van der Waals surface area contributed by atoms with Crippen molar-refractivity contribution in [3.8, 4) is 0 Å². The van der Waals surface area contributed by atoms with Crippen LogP contribution in [0.5, 0.6) is 0 Å². The number of aromatic nitrogens is 2. The summed E-state index contributed by atoms with van der Waals surface area (Å²) in [4.78, 5) is 20.2. The van der Waals surface area contributed by atoms with Gasteiger partial charge in [-0.1, -0.05) is 12.1 Å². The standard InChI is InChI=1S/C13H15N3O3/c1-19-8-9(17)6-15-13(18)12-7-14-10-4-2-3-5-11(10)16-12/h2-5,7,9,17H,6,8H2,1H3,(H,15,18). The van der Waals surface area contributed by atoms with Crippen molar-refractivity contribution in [3.05, 3.63) is 36.2 Å². The van der Waals surface area contributed by atoms with Crippen molar-refractivity contribution < 1.29 is 14.6 Å². The first-order valence-electron chi connectivity index (χ1n) is 5.87. The number of aliphatic hydroxyl groups excluding tert-OH is 1. The molecule has 1 unspecified atom stereocenters. The van der Waals surface area contributed by atoms with E-state index in [2.05, 4.69) is 15.3 Å². The number of methoxy groups -OCH3 is 1. The summed E-state index contributed by atoms with van der Waals surface area (Å²) < 4.78 is 4.77. The van der Waals surface area contributed by atoms with E-state index in [0.717, 1.165) is 5.52 Å². The molecule has 1 amide bonds. The Bertz CT molecular complexity index is 574. The van der Waals surface area contributed by atoms with Gasteiger partial charge in [0, 0.05) is 13.7 Å². The van der Waals surface area contributed by atoms with Gasteiger partial charge >= 0.3 is 0 Å². The van der Waals surface area contributed by atoms with Crippen LogP contribution in [0.25, 0.3) is 11.0 Å². The molecule has 0 aliphatic carbocycles. The molecule has 2 N–H and O–H groups in total. The Hall–Kier alpha value is -2.05. The molecule has 0 aliphatic rings. The highest BCUT2D eigenvalue weighted by molar-refractivity contribution is 5.93. The molecular formula is C13H15N3O3. The molecule has 0 aliphatic heterocycles. The minimum absolute atomic E-state index is 0.112. The fraction of sp³-hybridized carbons (Fsp3) is 0.308. The third-order valence-corrected chi connectivity index (χ3v) is 2.54. The van der Waals surface area contributed by atoms with Crippen LogP contribution in [0.15, 0.2) is 30.5 Å². The van der Waals surface area contributed by atoms with Crippen molar-refractivity contribution in [1.82, 2.24) is 15.3 Å². The Morgan fingerprint density at radius 2 is 2.16 bits per heavy atom. The average molecular weight is 261 g/mol. The van der Waals surface area contributed by atoms with E-state index in [4.69, 9.17) is 4.74 Å². The smallest absolute Gasteiger partial charge is 0.271 e. The lowest BCUT2D eigenvalue weighted by Crippen LogP contribution is -2.34. The Morgan fingerprint density at radius 3 is 2.89 bits per heavy atom. The highest BCUT2D eigenvalue weighted by Gasteiger charge is 2.11. The number of fused-ring (bicyclic) bond motifs is 1. The van der Waals surface area contributed by atoms with Crippen molar-refractivity contribution in [3.63, 3.8) is 0 Å².